The van der Waals surface area contributed by atoms with Gasteiger partial charge in [-0.3, -0.25) is 0 Å². The van der Waals surface area contributed by atoms with Gasteiger partial charge in [-0.1, -0.05) is 34.9 Å². The third-order valence-corrected chi connectivity index (χ3v) is 3.58. The van der Waals surface area contributed by atoms with Gasteiger partial charge in [-0.15, -0.1) is 0 Å². The molecular formula is C14H14BrNO4. The van der Waals surface area contributed by atoms with Crippen LogP contribution in [0.15, 0.2) is 27.2 Å². The molecule has 0 unspecified atom stereocenters. The van der Waals surface area contributed by atoms with Crippen LogP contribution in [0.3, 0.4) is 0 Å². The van der Waals surface area contributed by atoms with Crippen LogP contribution in [0.5, 0.6) is 5.75 Å². The molecule has 1 aromatic heterocycles. The van der Waals surface area contributed by atoms with Crippen LogP contribution in [0.25, 0.3) is 11.3 Å². The third-order valence-electron chi connectivity index (χ3n) is 2.89. The number of ether oxygens (including phenoxy) is 1. The van der Waals surface area contributed by atoms with Crippen molar-refractivity contribution in [3.05, 3.63) is 34.0 Å². The largest absolute Gasteiger partial charge is 0.497 e. The van der Waals surface area contributed by atoms with Crippen molar-refractivity contribution in [3.63, 3.8) is 0 Å². The molecule has 2 rings (SSSR count). The SMILES string of the molecule is COc1ccc(Br)c(-c2noc(C(C)C)c2C(=O)O)c1. The van der Waals surface area contributed by atoms with E-state index in [2.05, 4.69) is 21.1 Å². The molecule has 0 aliphatic rings. The summed E-state index contributed by atoms with van der Waals surface area (Å²) in [6.07, 6.45) is 0. The van der Waals surface area contributed by atoms with Gasteiger partial charge in [0.25, 0.3) is 0 Å². The van der Waals surface area contributed by atoms with Crippen LogP contribution < -0.4 is 4.74 Å². The number of nitrogens with zero attached hydrogens (tertiary/aromatic N) is 1. The summed E-state index contributed by atoms with van der Waals surface area (Å²) in [5.74, 6) is -0.137. The van der Waals surface area contributed by atoms with Gasteiger partial charge in [0.15, 0.2) is 5.76 Å². The molecule has 0 aliphatic heterocycles. The Bertz CT molecular complexity index is 649. The molecule has 1 aromatic carbocycles. The Balaban J connectivity index is 2.67. The molecule has 0 atom stereocenters. The molecule has 1 heterocycles. The van der Waals surface area contributed by atoms with Crippen molar-refractivity contribution >= 4 is 21.9 Å². The lowest BCUT2D eigenvalue weighted by Crippen LogP contribution is -2.03. The first-order valence-corrected chi connectivity index (χ1v) is 6.81. The number of methoxy groups -OCH3 is 1. The summed E-state index contributed by atoms with van der Waals surface area (Å²) < 4.78 is 11.1. The van der Waals surface area contributed by atoms with Gasteiger partial charge in [0.2, 0.25) is 0 Å². The zero-order valence-corrected chi connectivity index (χ0v) is 12.9. The summed E-state index contributed by atoms with van der Waals surface area (Å²) in [6.45, 7) is 3.72. The number of aromatic carboxylic acids is 1. The Hall–Kier alpha value is -1.82. The first-order chi connectivity index (χ1) is 9.45. The van der Waals surface area contributed by atoms with Crippen LogP contribution in [0, 0.1) is 0 Å². The van der Waals surface area contributed by atoms with Crippen molar-refractivity contribution in [3.8, 4) is 17.0 Å². The predicted molar refractivity (Wildman–Crippen MR) is 77.2 cm³/mol. The van der Waals surface area contributed by atoms with Gasteiger partial charge in [-0.2, -0.15) is 0 Å². The van der Waals surface area contributed by atoms with E-state index in [1.807, 2.05) is 13.8 Å². The molecular weight excluding hydrogens is 326 g/mol. The molecule has 5 nitrogen and oxygen atoms in total. The Morgan fingerprint density at radius 2 is 2.15 bits per heavy atom. The van der Waals surface area contributed by atoms with Gasteiger partial charge in [-0.05, 0) is 18.2 Å². The highest BCUT2D eigenvalue weighted by molar-refractivity contribution is 9.10. The van der Waals surface area contributed by atoms with E-state index in [0.29, 0.717) is 22.8 Å². The fourth-order valence-corrected chi connectivity index (χ4v) is 2.33. The Labute approximate surface area is 124 Å². The molecule has 0 bridgehead atoms. The summed E-state index contributed by atoms with van der Waals surface area (Å²) in [5, 5.41) is 13.3. The zero-order chi connectivity index (χ0) is 14.9. The second-order valence-electron chi connectivity index (χ2n) is 4.58. The van der Waals surface area contributed by atoms with Crippen molar-refractivity contribution in [2.75, 3.05) is 7.11 Å². The minimum Gasteiger partial charge on any atom is -0.497 e. The maximum atomic E-state index is 11.5. The van der Waals surface area contributed by atoms with Crippen LogP contribution in [0.4, 0.5) is 0 Å². The van der Waals surface area contributed by atoms with E-state index in [0.717, 1.165) is 4.47 Å². The third kappa shape index (κ3) is 2.56. The minimum absolute atomic E-state index is 0.0632. The molecule has 6 heteroatoms. The number of hydrogen-bond donors (Lipinski definition) is 1. The fourth-order valence-electron chi connectivity index (χ4n) is 1.90. The van der Waals surface area contributed by atoms with Gasteiger partial charge in [0.05, 0.1) is 7.11 Å². The maximum absolute atomic E-state index is 11.5. The highest BCUT2D eigenvalue weighted by Gasteiger charge is 2.26. The van der Waals surface area contributed by atoms with E-state index >= 15 is 0 Å². The minimum atomic E-state index is -1.06. The normalized spacial score (nSPS) is 10.8. The number of carbonyl (C=O) groups is 1. The van der Waals surface area contributed by atoms with Gasteiger partial charge >= 0.3 is 5.97 Å². The highest BCUT2D eigenvalue weighted by atomic mass is 79.9. The molecule has 0 spiro atoms. The van der Waals surface area contributed by atoms with Crippen LogP contribution in [-0.4, -0.2) is 23.3 Å². The Kier molecular flexibility index (Phi) is 4.13. The number of halogens is 1. The number of rotatable bonds is 4. The van der Waals surface area contributed by atoms with Crippen LogP contribution in [-0.2, 0) is 0 Å². The van der Waals surface area contributed by atoms with Crippen LogP contribution in [0.1, 0.15) is 35.9 Å². The standard InChI is InChI=1S/C14H14BrNO4/c1-7(2)13-11(14(17)18)12(16-20-13)9-6-8(19-3)4-5-10(9)15/h4-7H,1-3H3,(H,17,18). The lowest BCUT2D eigenvalue weighted by Gasteiger charge is -2.06. The fraction of sp³-hybridized carbons (Fsp3) is 0.286. The van der Waals surface area contributed by atoms with E-state index in [1.165, 1.54) is 0 Å². The van der Waals surface area contributed by atoms with E-state index in [4.69, 9.17) is 9.26 Å². The van der Waals surface area contributed by atoms with Gasteiger partial charge < -0.3 is 14.4 Å². The number of hydrogen-bond acceptors (Lipinski definition) is 4. The van der Waals surface area contributed by atoms with E-state index in [-0.39, 0.29) is 11.5 Å². The maximum Gasteiger partial charge on any atom is 0.341 e. The first-order valence-electron chi connectivity index (χ1n) is 6.02. The molecule has 20 heavy (non-hydrogen) atoms. The second kappa shape index (κ2) is 5.66. The smallest absolute Gasteiger partial charge is 0.341 e. The average molecular weight is 340 g/mol. The molecule has 2 aromatic rings. The summed E-state index contributed by atoms with van der Waals surface area (Å²) in [6, 6.07) is 5.28. The molecule has 106 valence electrons. The van der Waals surface area contributed by atoms with Gasteiger partial charge in [0, 0.05) is 16.0 Å². The predicted octanol–water partition coefficient (Wildman–Crippen LogP) is 3.93. The monoisotopic (exact) mass is 339 g/mol. The number of benzene rings is 1. The number of aromatic nitrogens is 1. The number of carboxylic acid groups (broad SMARTS) is 1. The summed E-state index contributed by atoms with van der Waals surface area (Å²) in [4.78, 5) is 11.5. The van der Waals surface area contributed by atoms with E-state index in [9.17, 15) is 9.90 Å². The Morgan fingerprint density at radius 3 is 2.70 bits per heavy atom. The molecule has 0 aliphatic carbocycles. The van der Waals surface area contributed by atoms with Crippen LogP contribution >= 0.6 is 15.9 Å². The second-order valence-corrected chi connectivity index (χ2v) is 5.43. The summed E-state index contributed by atoms with van der Waals surface area (Å²) in [5.41, 5.74) is 1.01. The lowest BCUT2D eigenvalue weighted by molar-refractivity contribution is 0.0694. The lowest BCUT2D eigenvalue weighted by atomic mass is 10.0. The summed E-state index contributed by atoms with van der Waals surface area (Å²) in [7, 11) is 1.55. The summed E-state index contributed by atoms with van der Waals surface area (Å²) >= 11 is 3.40. The molecule has 1 N–H and O–H groups in total. The first kappa shape index (κ1) is 14.6. The van der Waals surface area contributed by atoms with E-state index < -0.39 is 5.97 Å². The molecule has 0 radical (unpaired) electrons. The van der Waals surface area contributed by atoms with Gasteiger partial charge in [0.1, 0.15) is 17.0 Å². The number of carboxylic acids is 1. The van der Waals surface area contributed by atoms with Gasteiger partial charge in [-0.25, -0.2) is 4.79 Å². The van der Waals surface area contributed by atoms with Crippen molar-refractivity contribution < 1.29 is 19.2 Å². The Morgan fingerprint density at radius 1 is 1.45 bits per heavy atom. The topological polar surface area (TPSA) is 72.6 Å². The average Bonchev–Trinajstić information content (AvgIpc) is 2.84. The van der Waals surface area contributed by atoms with Crippen molar-refractivity contribution in [2.45, 2.75) is 19.8 Å². The van der Waals surface area contributed by atoms with Crippen molar-refractivity contribution in [1.29, 1.82) is 0 Å². The van der Waals surface area contributed by atoms with Crippen LogP contribution in [0.2, 0.25) is 0 Å². The molecule has 0 amide bonds. The van der Waals surface area contributed by atoms with Crippen molar-refractivity contribution in [2.24, 2.45) is 0 Å². The molecule has 0 saturated carbocycles. The van der Waals surface area contributed by atoms with Crippen molar-refractivity contribution in [1.82, 2.24) is 5.16 Å². The van der Waals surface area contributed by atoms with E-state index in [1.54, 1.807) is 25.3 Å². The molecule has 0 fully saturated rings. The zero-order valence-electron chi connectivity index (χ0n) is 11.3. The highest BCUT2D eigenvalue weighted by Crippen LogP contribution is 2.36. The molecule has 0 saturated heterocycles. The quantitative estimate of drug-likeness (QED) is 0.913.